The summed E-state index contributed by atoms with van der Waals surface area (Å²) in [4.78, 5) is 16.0. The number of nitrogens with zero attached hydrogens (tertiary/aromatic N) is 1. The number of carbonyl (C=O) groups is 1. The van der Waals surface area contributed by atoms with Crippen molar-refractivity contribution in [2.24, 2.45) is 0 Å². The van der Waals surface area contributed by atoms with Gasteiger partial charge >= 0.3 is 12.1 Å². The van der Waals surface area contributed by atoms with Crippen LogP contribution in [0.1, 0.15) is 39.7 Å². The normalized spacial score (nSPS) is 11.3. The Hall–Kier alpha value is -2.37. The van der Waals surface area contributed by atoms with Crippen molar-refractivity contribution in [3.8, 4) is 0 Å². The van der Waals surface area contributed by atoms with Crippen molar-refractivity contribution in [1.29, 1.82) is 0 Å². The van der Waals surface area contributed by atoms with Crippen LogP contribution in [0.3, 0.4) is 0 Å². The van der Waals surface area contributed by atoms with Crippen molar-refractivity contribution in [2.75, 3.05) is 6.61 Å². The molecule has 6 heteroatoms. The van der Waals surface area contributed by atoms with Crippen molar-refractivity contribution < 1.29 is 22.7 Å². The molecule has 0 N–H and O–H groups in total. The average molecular weight is 323 g/mol. The van der Waals surface area contributed by atoms with Gasteiger partial charge in [-0.25, -0.2) is 4.79 Å². The number of halogens is 3. The molecule has 0 aliphatic rings. The average Bonchev–Trinajstić information content (AvgIpc) is 2.49. The van der Waals surface area contributed by atoms with Gasteiger partial charge in [-0.1, -0.05) is 18.2 Å². The molecule has 23 heavy (non-hydrogen) atoms. The fourth-order valence-corrected chi connectivity index (χ4v) is 2.24. The number of hydrogen-bond donors (Lipinski definition) is 0. The minimum atomic E-state index is -4.38. The number of pyridine rings is 1. The third-order valence-corrected chi connectivity index (χ3v) is 3.43. The van der Waals surface area contributed by atoms with Gasteiger partial charge in [0.2, 0.25) is 0 Å². The molecular formula is C17H16F3NO2. The molecule has 122 valence electrons. The first-order valence-corrected chi connectivity index (χ1v) is 7.10. The van der Waals surface area contributed by atoms with Crippen LogP contribution < -0.4 is 0 Å². The second-order valence-electron chi connectivity index (χ2n) is 5.03. The summed E-state index contributed by atoms with van der Waals surface area (Å²) in [6, 6.07) is 6.63. The molecule has 0 radical (unpaired) electrons. The first kappa shape index (κ1) is 17.0. The Kier molecular flexibility index (Phi) is 5.03. The van der Waals surface area contributed by atoms with Crippen LogP contribution in [0.4, 0.5) is 13.2 Å². The lowest BCUT2D eigenvalue weighted by Gasteiger charge is -2.11. The maximum absolute atomic E-state index is 12.8. The van der Waals surface area contributed by atoms with Gasteiger partial charge in [0, 0.05) is 18.3 Å². The fourth-order valence-electron chi connectivity index (χ4n) is 2.24. The second kappa shape index (κ2) is 6.81. The number of hydrogen-bond acceptors (Lipinski definition) is 3. The Morgan fingerprint density at radius 2 is 2.00 bits per heavy atom. The Morgan fingerprint density at radius 3 is 2.65 bits per heavy atom. The first-order chi connectivity index (χ1) is 10.8. The molecule has 0 saturated heterocycles. The maximum Gasteiger partial charge on any atom is 0.416 e. The number of aromatic nitrogens is 1. The van der Waals surface area contributed by atoms with Gasteiger partial charge in [-0.3, -0.25) is 4.98 Å². The third-order valence-electron chi connectivity index (χ3n) is 3.43. The number of rotatable bonds is 4. The van der Waals surface area contributed by atoms with Gasteiger partial charge < -0.3 is 4.74 Å². The molecule has 0 amide bonds. The SMILES string of the molecule is CCOC(=O)c1ccnc(Cc2cccc(C(F)(F)F)c2)c1C. The van der Waals surface area contributed by atoms with E-state index in [1.165, 1.54) is 12.3 Å². The highest BCUT2D eigenvalue weighted by molar-refractivity contribution is 5.91. The summed E-state index contributed by atoms with van der Waals surface area (Å²) in [7, 11) is 0. The van der Waals surface area contributed by atoms with E-state index in [1.807, 2.05) is 0 Å². The predicted molar refractivity (Wildman–Crippen MR) is 79.2 cm³/mol. The van der Waals surface area contributed by atoms with Gasteiger partial charge in [0.1, 0.15) is 0 Å². The van der Waals surface area contributed by atoms with E-state index in [2.05, 4.69) is 4.98 Å². The Balaban J connectivity index is 2.31. The summed E-state index contributed by atoms with van der Waals surface area (Å²) in [5, 5.41) is 0. The lowest BCUT2D eigenvalue weighted by Crippen LogP contribution is -2.10. The molecule has 0 bridgehead atoms. The van der Waals surface area contributed by atoms with Gasteiger partial charge in [-0.15, -0.1) is 0 Å². The number of alkyl halides is 3. The van der Waals surface area contributed by atoms with E-state index in [0.29, 0.717) is 22.4 Å². The third kappa shape index (κ3) is 4.09. The van der Waals surface area contributed by atoms with E-state index in [4.69, 9.17) is 4.74 Å². The molecule has 0 aliphatic carbocycles. The molecule has 2 rings (SSSR count). The molecule has 0 fully saturated rings. The first-order valence-electron chi connectivity index (χ1n) is 7.10. The van der Waals surface area contributed by atoms with Gasteiger partial charge in [0.25, 0.3) is 0 Å². The van der Waals surface area contributed by atoms with Gasteiger partial charge in [0.05, 0.1) is 17.7 Å². The van der Waals surface area contributed by atoms with Gasteiger partial charge in [0.15, 0.2) is 0 Å². The summed E-state index contributed by atoms with van der Waals surface area (Å²) in [5.41, 5.74) is 1.33. The van der Waals surface area contributed by atoms with Crippen molar-refractivity contribution in [1.82, 2.24) is 4.98 Å². The predicted octanol–water partition coefficient (Wildman–Crippen LogP) is 4.18. The number of benzene rings is 1. The van der Waals surface area contributed by atoms with Crippen LogP contribution in [0.2, 0.25) is 0 Å². The highest BCUT2D eigenvalue weighted by atomic mass is 19.4. The second-order valence-corrected chi connectivity index (χ2v) is 5.03. The molecule has 1 aromatic carbocycles. The zero-order chi connectivity index (χ0) is 17.0. The van der Waals surface area contributed by atoms with Crippen molar-refractivity contribution in [3.63, 3.8) is 0 Å². The van der Waals surface area contributed by atoms with Crippen LogP contribution in [0.15, 0.2) is 36.5 Å². The lowest BCUT2D eigenvalue weighted by atomic mass is 10.0. The Labute approximate surface area is 132 Å². The Bertz CT molecular complexity index is 711. The van der Waals surface area contributed by atoms with Crippen LogP contribution in [0, 0.1) is 6.92 Å². The molecule has 0 saturated carbocycles. The minimum absolute atomic E-state index is 0.211. The zero-order valence-electron chi connectivity index (χ0n) is 12.8. The van der Waals surface area contributed by atoms with E-state index < -0.39 is 17.7 Å². The van der Waals surface area contributed by atoms with E-state index in [0.717, 1.165) is 12.1 Å². The molecule has 1 aromatic heterocycles. The Morgan fingerprint density at radius 1 is 1.26 bits per heavy atom. The lowest BCUT2D eigenvalue weighted by molar-refractivity contribution is -0.137. The maximum atomic E-state index is 12.8. The van der Waals surface area contributed by atoms with Crippen molar-refractivity contribution in [3.05, 3.63) is 64.5 Å². The summed E-state index contributed by atoms with van der Waals surface area (Å²) in [6.07, 6.45) is -2.71. The summed E-state index contributed by atoms with van der Waals surface area (Å²) in [5.74, 6) is -0.460. The summed E-state index contributed by atoms with van der Waals surface area (Å²) in [6.45, 7) is 3.67. The molecule has 2 aromatic rings. The highest BCUT2D eigenvalue weighted by Gasteiger charge is 2.30. The quantitative estimate of drug-likeness (QED) is 0.793. The van der Waals surface area contributed by atoms with Crippen LogP contribution >= 0.6 is 0 Å². The minimum Gasteiger partial charge on any atom is -0.462 e. The molecule has 0 aliphatic heterocycles. The van der Waals surface area contributed by atoms with E-state index >= 15 is 0 Å². The van der Waals surface area contributed by atoms with Crippen molar-refractivity contribution >= 4 is 5.97 Å². The smallest absolute Gasteiger partial charge is 0.416 e. The monoisotopic (exact) mass is 323 g/mol. The summed E-state index contributed by atoms with van der Waals surface area (Å²) >= 11 is 0. The zero-order valence-corrected chi connectivity index (χ0v) is 12.8. The number of esters is 1. The largest absolute Gasteiger partial charge is 0.462 e. The van der Waals surface area contributed by atoms with E-state index in [1.54, 1.807) is 26.0 Å². The van der Waals surface area contributed by atoms with Crippen LogP contribution in [-0.2, 0) is 17.3 Å². The van der Waals surface area contributed by atoms with Crippen LogP contribution in [0.5, 0.6) is 0 Å². The molecule has 0 unspecified atom stereocenters. The molecule has 1 heterocycles. The topological polar surface area (TPSA) is 39.2 Å². The van der Waals surface area contributed by atoms with Crippen molar-refractivity contribution in [2.45, 2.75) is 26.4 Å². The van der Waals surface area contributed by atoms with Crippen LogP contribution in [-0.4, -0.2) is 17.6 Å². The molecule has 0 atom stereocenters. The van der Waals surface area contributed by atoms with E-state index in [-0.39, 0.29) is 13.0 Å². The molecule has 0 spiro atoms. The van der Waals surface area contributed by atoms with Crippen LogP contribution in [0.25, 0.3) is 0 Å². The molecule has 3 nitrogen and oxygen atoms in total. The summed E-state index contributed by atoms with van der Waals surface area (Å²) < 4.78 is 43.3. The van der Waals surface area contributed by atoms with Gasteiger partial charge in [-0.05, 0) is 37.1 Å². The standard InChI is InChI=1S/C17H16F3NO2/c1-3-23-16(22)14-7-8-21-15(11(14)2)10-12-5-4-6-13(9-12)17(18,19)20/h4-9H,3,10H2,1-2H3. The van der Waals surface area contributed by atoms with E-state index in [9.17, 15) is 18.0 Å². The molecular weight excluding hydrogens is 307 g/mol. The number of carbonyl (C=O) groups excluding carboxylic acids is 1. The van der Waals surface area contributed by atoms with Gasteiger partial charge in [-0.2, -0.15) is 13.2 Å². The number of ether oxygens (including phenoxy) is 1. The fraction of sp³-hybridized carbons (Fsp3) is 0.294. The highest BCUT2D eigenvalue weighted by Crippen LogP contribution is 2.30.